The Kier molecular flexibility index (Phi) is 8.97. The molecule has 1 aromatic heterocycles. The Balaban J connectivity index is 1.82. The van der Waals surface area contributed by atoms with Crippen LogP contribution >= 0.6 is 34.8 Å². The average Bonchev–Trinajstić information content (AvgIpc) is 3.07. The lowest BCUT2D eigenvalue weighted by molar-refractivity contribution is 0.322. The van der Waals surface area contributed by atoms with Gasteiger partial charge in [0.25, 0.3) is 0 Å². The van der Waals surface area contributed by atoms with Crippen LogP contribution in [0.25, 0.3) is 0 Å². The summed E-state index contributed by atoms with van der Waals surface area (Å²) in [5.41, 5.74) is 0. The molecular weight excluding hydrogens is 411 g/mol. The molecule has 0 spiro atoms. The van der Waals surface area contributed by atoms with Crippen LogP contribution in [0.2, 0.25) is 15.1 Å². The van der Waals surface area contributed by atoms with Gasteiger partial charge in [0.15, 0.2) is 11.7 Å². The molecule has 0 saturated carbocycles. The summed E-state index contributed by atoms with van der Waals surface area (Å²) >= 11 is 18.1. The molecule has 10 heteroatoms. The first-order chi connectivity index (χ1) is 13.0. The third-order valence-corrected chi connectivity index (χ3v) is 4.35. The molecule has 27 heavy (non-hydrogen) atoms. The smallest absolute Gasteiger partial charge is 0.191 e. The molecule has 2 N–H and O–H groups in total. The fourth-order valence-electron chi connectivity index (χ4n) is 2.34. The highest BCUT2D eigenvalue weighted by molar-refractivity contribution is 6.40. The number of aromatic nitrogens is 3. The zero-order valence-corrected chi connectivity index (χ0v) is 17.6. The summed E-state index contributed by atoms with van der Waals surface area (Å²) in [7, 11) is 0. The Labute approximate surface area is 174 Å². The van der Waals surface area contributed by atoms with Gasteiger partial charge in [-0.1, -0.05) is 41.7 Å². The summed E-state index contributed by atoms with van der Waals surface area (Å²) in [5, 5.41) is 15.6. The lowest BCUT2D eigenvalue weighted by Crippen LogP contribution is -2.39. The molecule has 0 radical (unpaired) electrons. The van der Waals surface area contributed by atoms with Crippen molar-refractivity contribution in [2.45, 2.75) is 26.8 Å². The number of rotatable bonds is 9. The second-order valence-corrected chi connectivity index (χ2v) is 6.78. The van der Waals surface area contributed by atoms with Gasteiger partial charge in [0.05, 0.1) is 23.1 Å². The summed E-state index contributed by atoms with van der Waals surface area (Å²) in [6.45, 7) is 7.05. The van der Waals surface area contributed by atoms with E-state index in [2.05, 4.69) is 32.7 Å². The molecule has 0 aliphatic carbocycles. The SMILES string of the molecule is CCNC(=NCCn1cnnc1CC)NCCOc1c(Cl)cc(Cl)cc1Cl. The van der Waals surface area contributed by atoms with Crippen LogP contribution in [0.4, 0.5) is 0 Å². The molecule has 1 heterocycles. The van der Waals surface area contributed by atoms with Crippen LogP contribution in [0.5, 0.6) is 5.75 Å². The minimum Gasteiger partial charge on any atom is -0.489 e. The van der Waals surface area contributed by atoms with Gasteiger partial charge in [-0.05, 0) is 19.1 Å². The van der Waals surface area contributed by atoms with Crippen LogP contribution in [0.3, 0.4) is 0 Å². The number of hydrogen-bond acceptors (Lipinski definition) is 4. The van der Waals surface area contributed by atoms with Crippen LogP contribution in [0, 0.1) is 0 Å². The van der Waals surface area contributed by atoms with E-state index in [1.807, 2.05) is 11.5 Å². The number of halogens is 3. The van der Waals surface area contributed by atoms with Crippen LogP contribution in [0.15, 0.2) is 23.5 Å². The second-order valence-electron chi connectivity index (χ2n) is 5.53. The molecule has 2 aromatic rings. The zero-order chi connectivity index (χ0) is 19.6. The quantitative estimate of drug-likeness (QED) is 0.360. The van der Waals surface area contributed by atoms with Gasteiger partial charge in [-0.25, -0.2) is 0 Å². The molecule has 0 unspecified atom stereocenters. The highest BCUT2D eigenvalue weighted by atomic mass is 35.5. The molecule has 0 bridgehead atoms. The van der Waals surface area contributed by atoms with Crippen LogP contribution in [0.1, 0.15) is 19.7 Å². The Bertz CT molecular complexity index is 742. The summed E-state index contributed by atoms with van der Waals surface area (Å²) < 4.78 is 7.66. The molecule has 2 rings (SSSR count). The van der Waals surface area contributed by atoms with Crippen LogP contribution in [-0.4, -0.2) is 47.0 Å². The van der Waals surface area contributed by atoms with Gasteiger partial charge < -0.3 is 19.9 Å². The van der Waals surface area contributed by atoms with Crippen molar-refractivity contribution in [1.82, 2.24) is 25.4 Å². The fraction of sp³-hybridized carbons (Fsp3) is 0.471. The van der Waals surface area contributed by atoms with Crippen molar-refractivity contribution in [3.05, 3.63) is 39.4 Å². The molecule has 0 atom stereocenters. The minimum absolute atomic E-state index is 0.372. The first-order valence-electron chi connectivity index (χ1n) is 8.71. The number of guanidine groups is 1. The molecule has 0 saturated heterocycles. The van der Waals surface area contributed by atoms with Gasteiger partial charge in [-0.2, -0.15) is 0 Å². The first-order valence-corrected chi connectivity index (χ1v) is 9.84. The second kappa shape index (κ2) is 11.2. The lowest BCUT2D eigenvalue weighted by Gasteiger charge is -2.13. The van der Waals surface area contributed by atoms with E-state index >= 15 is 0 Å². The van der Waals surface area contributed by atoms with Crippen molar-refractivity contribution in [3.8, 4) is 5.75 Å². The average molecular weight is 434 g/mol. The Morgan fingerprint density at radius 2 is 1.93 bits per heavy atom. The number of nitrogens with one attached hydrogen (secondary N) is 2. The van der Waals surface area contributed by atoms with Gasteiger partial charge in [-0.15, -0.1) is 10.2 Å². The maximum atomic E-state index is 6.11. The van der Waals surface area contributed by atoms with E-state index in [1.165, 1.54) is 0 Å². The van der Waals surface area contributed by atoms with Crippen molar-refractivity contribution in [2.24, 2.45) is 4.99 Å². The van der Waals surface area contributed by atoms with E-state index < -0.39 is 0 Å². The van der Waals surface area contributed by atoms with Crippen molar-refractivity contribution in [1.29, 1.82) is 0 Å². The summed E-state index contributed by atoms with van der Waals surface area (Å²) in [6, 6.07) is 3.19. The topological polar surface area (TPSA) is 76.4 Å². The minimum atomic E-state index is 0.372. The maximum absolute atomic E-state index is 6.11. The summed E-state index contributed by atoms with van der Waals surface area (Å²) in [4.78, 5) is 4.55. The monoisotopic (exact) mass is 432 g/mol. The number of ether oxygens (including phenoxy) is 1. The lowest BCUT2D eigenvalue weighted by atomic mass is 10.3. The van der Waals surface area contributed by atoms with E-state index in [0.29, 0.717) is 46.5 Å². The summed E-state index contributed by atoms with van der Waals surface area (Å²) in [5.74, 6) is 2.08. The van der Waals surface area contributed by atoms with Gasteiger partial charge in [-0.3, -0.25) is 4.99 Å². The number of nitrogens with zero attached hydrogens (tertiary/aromatic N) is 4. The van der Waals surface area contributed by atoms with E-state index in [-0.39, 0.29) is 0 Å². The van der Waals surface area contributed by atoms with E-state index in [0.717, 1.165) is 25.3 Å². The molecule has 1 aromatic carbocycles. The predicted octanol–water partition coefficient (Wildman–Crippen LogP) is 3.43. The molecule has 7 nitrogen and oxygen atoms in total. The van der Waals surface area contributed by atoms with Gasteiger partial charge in [0, 0.05) is 24.5 Å². The highest BCUT2D eigenvalue weighted by Gasteiger charge is 2.09. The van der Waals surface area contributed by atoms with Gasteiger partial charge in [0.1, 0.15) is 18.8 Å². The number of benzene rings is 1. The number of hydrogen-bond donors (Lipinski definition) is 2. The van der Waals surface area contributed by atoms with Crippen molar-refractivity contribution < 1.29 is 4.74 Å². The van der Waals surface area contributed by atoms with E-state index in [9.17, 15) is 0 Å². The van der Waals surface area contributed by atoms with Crippen LogP contribution < -0.4 is 15.4 Å². The molecule has 148 valence electrons. The molecule has 0 amide bonds. The Morgan fingerprint density at radius 1 is 1.19 bits per heavy atom. The van der Waals surface area contributed by atoms with Crippen molar-refractivity contribution >= 4 is 40.8 Å². The molecule has 0 aliphatic heterocycles. The van der Waals surface area contributed by atoms with Gasteiger partial charge in [0.2, 0.25) is 0 Å². The molecular formula is C17H23Cl3N6O. The summed E-state index contributed by atoms with van der Waals surface area (Å²) in [6.07, 6.45) is 2.57. The van der Waals surface area contributed by atoms with E-state index in [4.69, 9.17) is 39.5 Å². The normalized spacial score (nSPS) is 11.5. The van der Waals surface area contributed by atoms with Gasteiger partial charge >= 0.3 is 0 Å². The number of aryl methyl sites for hydroxylation is 1. The highest BCUT2D eigenvalue weighted by Crippen LogP contribution is 2.35. The molecule has 0 fully saturated rings. The van der Waals surface area contributed by atoms with E-state index in [1.54, 1.807) is 18.5 Å². The van der Waals surface area contributed by atoms with Crippen molar-refractivity contribution in [2.75, 3.05) is 26.2 Å². The maximum Gasteiger partial charge on any atom is 0.191 e. The van der Waals surface area contributed by atoms with Crippen LogP contribution in [-0.2, 0) is 13.0 Å². The Hall–Kier alpha value is -1.70. The molecule has 0 aliphatic rings. The zero-order valence-electron chi connectivity index (χ0n) is 15.3. The number of aliphatic imine (C=N–C) groups is 1. The largest absolute Gasteiger partial charge is 0.489 e. The first kappa shape index (κ1) is 21.6. The third kappa shape index (κ3) is 6.75. The fourth-order valence-corrected chi connectivity index (χ4v) is 3.27. The Morgan fingerprint density at radius 3 is 2.59 bits per heavy atom. The predicted molar refractivity (Wildman–Crippen MR) is 110 cm³/mol. The standard InChI is InChI=1S/C17H23Cl3N6O/c1-3-15-25-24-11-26(15)7-5-22-17(21-4-2)23-6-8-27-16-13(19)9-12(18)10-14(16)20/h9-11H,3-8H2,1-2H3,(H2,21,22,23). The van der Waals surface area contributed by atoms with Crippen molar-refractivity contribution in [3.63, 3.8) is 0 Å². The third-order valence-electron chi connectivity index (χ3n) is 3.57.